The largest absolute Gasteiger partial charge is 0.295 e. The lowest BCUT2D eigenvalue weighted by Crippen LogP contribution is -1.91. The van der Waals surface area contributed by atoms with Crippen LogP contribution in [-0.4, -0.2) is 5.78 Å². The molecule has 0 heterocycles. The zero-order chi connectivity index (χ0) is 8.53. The van der Waals surface area contributed by atoms with E-state index in [1.54, 1.807) is 12.2 Å². The number of hydrogen-bond donors (Lipinski definition) is 0. The molecule has 0 aliphatic heterocycles. The van der Waals surface area contributed by atoms with E-state index in [4.69, 9.17) is 5.26 Å². The molecule has 0 aromatic heterocycles. The van der Waals surface area contributed by atoms with Crippen LogP contribution < -0.4 is 0 Å². The standard InChI is InChI=1S/C9H13NO/c1-2-6-9(11)7-4-3-5-8-10/h2,6H,3-5,7H2,1H3/b6-2+. The molecular formula is C9H13NO. The maximum absolute atomic E-state index is 10.8. The van der Waals surface area contributed by atoms with E-state index in [1.807, 2.05) is 13.0 Å². The van der Waals surface area contributed by atoms with Crippen LogP contribution in [0.3, 0.4) is 0 Å². The van der Waals surface area contributed by atoms with E-state index in [1.165, 1.54) is 0 Å². The van der Waals surface area contributed by atoms with E-state index in [0.717, 1.165) is 12.8 Å². The number of nitrogens with zero attached hydrogens (tertiary/aromatic N) is 1. The molecule has 0 fully saturated rings. The van der Waals surface area contributed by atoms with Gasteiger partial charge < -0.3 is 0 Å². The first-order valence-corrected chi connectivity index (χ1v) is 3.83. The van der Waals surface area contributed by atoms with E-state index in [0.29, 0.717) is 12.8 Å². The van der Waals surface area contributed by atoms with Crippen LogP contribution in [0.25, 0.3) is 0 Å². The Bertz CT molecular complexity index is 176. The lowest BCUT2D eigenvalue weighted by molar-refractivity contribution is -0.114. The second-order valence-corrected chi connectivity index (χ2v) is 2.33. The van der Waals surface area contributed by atoms with Crippen molar-refractivity contribution in [3.63, 3.8) is 0 Å². The van der Waals surface area contributed by atoms with Gasteiger partial charge in [-0.25, -0.2) is 0 Å². The number of carbonyl (C=O) groups excluding carboxylic acids is 1. The Kier molecular flexibility index (Phi) is 6.31. The fourth-order valence-electron chi connectivity index (χ4n) is 0.773. The molecule has 0 rings (SSSR count). The minimum Gasteiger partial charge on any atom is -0.295 e. The smallest absolute Gasteiger partial charge is 0.155 e. The monoisotopic (exact) mass is 151 g/mol. The number of carbonyl (C=O) groups is 1. The fourth-order valence-corrected chi connectivity index (χ4v) is 0.773. The molecule has 0 spiro atoms. The molecule has 0 saturated carbocycles. The molecule has 0 radical (unpaired) electrons. The van der Waals surface area contributed by atoms with Crippen molar-refractivity contribution in [3.8, 4) is 6.07 Å². The average molecular weight is 151 g/mol. The van der Waals surface area contributed by atoms with Crippen molar-refractivity contribution in [2.75, 3.05) is 0 Å². The number of rotatable bonds is 5. The van der Waals surface area contributed by atoms with Crippen molar-refractivity contribution in [2.45, 2.75) is 32.6 Å². The third-order valence-electron chi connectivity index (χ3n) is 1.31. The number of hydrogen-bond acceptors (Lipinski definition) is 2. The maximum Gasteiger partial charge on any atom is 0.155 e. The number of ketones is 1. The van der Waals surface area contributed by atoms with Gasteiger partial charge in [0.15, 0.2) is 5.78 Å². The second-order valence-electron chi connectivity index (χ2n) is 2.33. The van der Waals surface area contributed by atoms with Crippen LogP contribution in [0.2, 0.25) is 0 Å². The molecule has 0 amide bonds. The topological polar surface area (TPSA) is 40.9 Å². The summed E-state index contributed by atoms with van der Waals surface area (Å²) in [4.78, 5) is 10.8. The molecule has 2 heteroatoms. The Labute approximate surface area is 67.5 Å². The normalized spacial score (nSPS) is 9.82. The van der Waals surface area contributed by atoms with Gasteiger partial charge in [-0.15, -0.1) is 0 Å². The molecule has 2 nitrogen and oxygen atoms in total. The third-order valence-corrected chi connectivity index (χ3v) is 1.31. The summed E-state index contributed by atoms with van der Waals surface area (Å²) in [5.74, 6) is 0.158. The zero-order valence-electron chi connectivity index (χ0n) is 6.84. The molecule has 0 aliphatic rings. The molecule has 11 heavy (non-hydrogen) atoms. The molecule has 0 aliphatic carbocycles. The van der Waals surface area contributed by atoms with Crippen LogP contribution >= 0.6 is 0 Å². The molecular weight excluding hydrogens is 138 g/mol. The fraction of sp³-hybridized carbons (Fsp3) is 0.556. The molecule has 60 valence electrons. The van der Waals surface area contributed by atoms with E-state index in [-0.39, 0.29) is 5.78 Å². The van der Waals surface area contributed by atoms with Gasteiger partial charge in [0.1, 0.15) is 0 Å². The van der Waals surface area contributed by atoms with E-state index < -0.39 is 0 Å². The predicted octanol–water partition coefficient (Wildman–Crippen LogP) is 2.22. The van der Waals surface area contributed by atoms with Crippen molar-refractivity contribution in [2.24, 2.45) is 0 Å². The van der Waals surface area contributed by atoms with Gasteiger partial charge in [0, 0.05) is 12.8 Å². The third kappa shape index (κ3) is 6.79. The Balaban J connectivity index is 3.26. The Morgan fingerprint density at radius 3 is 2.82 bits per heavy atom. The number of nitriles is 1. The molecule has 0 aromatic rings. The van der Waals surface area contributed by atoms with E-state index in [9.17, 15) is 4.79 Å². The first-order valence-electron chi connectivity index (χ1n) is 3.83. The summed E-state index contributed by atoms with van der Waals surface area (Å²) in [6, 6.07) is 2.04. The van der Waals surface area contributed by atoms with Gasteiger partial charge in [-0.05, 0) is 25.8 Å². The van der Waals surface area contributed by atoms with Crippen LogP contribution in [0.1, 0.15) is 32.6 Å². The SMILES string of the molecule is C/C=C/C(=O)CCCCC#N. The number of allylic oxidation sites excluding steroid dienone is 2. The van der Waals surface area contributed by atoms with Crippen molar-refractivity contribution >= 4 is 5.78 Å². The summed E-state index contributed by atoms with van der Waals surface area (Å²) in [5.41, 5.74) is 0. The van der Waals surface area contributed by atoms with Crippen LogP contribution in [0, 0.1) is 11.3 Å². The summed E-state index contributed by atoms with van der Waals surface area (Å²) in [5, 5.41) is 8.19. The van der Waals surface area contributed by atoms with Crippen molar-refractivity contribution in [3.05, 3.63) is 12.2 Å². The molecule has 0 saturated heterocycles. The van der Waals surface area contributed by atoms with Crippen molar-refractivity contribution < 1.29 is 4.79 Å². The highest BCUT2D eigenvalue weighted by Crippen LogP contribution is 1.99. The quantitative estimate of drug-likeness (QED) is 0.446. The van der Waals surface area contributed by atoms with Crippen LogP contribution in [-0.2, 0) is 4.79 Å². The van der Waals surface area contributed by atoms with Crippen LogP contribution in [0.15, 0.2) is 12.2 Å². The molecule has 0 atom stereocenters. The second kappa shape index (κ2) is 7.01. The zero-order valence-corrected chi connectivity index (χ0v) is 6.84. The minimum atomic E-state index is 0.158. The van der Waals surface area contributed by atoms with Crippen molar-refractivity contribution in [1.82, 2.24) is 0 Å². The van der Waals surface area contributed by atoms with E-state index in [2.05, 4.69) is 0 Å². The Hall–Kier alpha value is -1.10. The lowest BCUT2D eigenvalue weighted by atomic mass is 10.1. The van der Waals surface area contributed by atoms with Crippen LogP contribution in [0.5, 0.6) is 0 Å². The Morgan fingerprint density at radius 1 is 1.55 bits per heavy atom. The highest BCUT2D eigenvalue weighted by Gasteiger charge is 1.94. The molecule has 0 aromatic carbocycles. The minimum absolute atomic E-state index is 0.158. The van der Waals surface area contributed by atoms with Gasteiger partial charge in [-0.2, -0.15) is 5.26 Å². The summed E-state index contributed by atoms with van der Waals surface area (Å²) in [7, 11) is 0. The lowest BCUT2D eigenvalue weighted by Gasteiger charge is -1.91. The summed E-state index contributed by atoms with van der Waals surface area (Å²) in [6.07, 6.45) is 6.12. The summed E-state index contributed by atoms with van der Waals surface area (Å²) < 4.78 is 0. The predicted molar refractivity (Wildman–Crippen MR) is 43.9 cm³/mol. The van der Waals surface area contributed by atoms with Gasteiger partial charge in [0.25, 0.3) is 0 Å². The summed E-state index contributed by atoms with van der Waals surface area (Å²) in [6.45, 7) is 1.83. The molecule has 0 unspecified atom stereocenters. The highest BCUT2D eigenvalue weighted by molar-refractivity contribution is 5.89. The summed E-state index contributed by atoms with van der Waals surface area (Å²) >= 11 is 0. The van der Waals surface area contributed by atoms with Gasteiger partial charge in [-0.1, -0.05) is 6.08 Å². The van der Waals surface area contributed by atoms with Gasteiger partial charge >= 0.3 is 0 Å². The molecule has 0 bridgehead atoms. The Morgan fingerprint density at radius 2 is 2.27 bits per heavy atom. The first-order chi connectivity index (χ1) is 5.31. The highest BCUT2D eigenvalue weighted by atomic mass is 16.1. The van der Waals surface area contributed by atoms with Crippen LogP contribution in [0.4, 0.5) is 0 Å². The average Bonchev–Trinajstić information content (AvgIpc) is 1.99. The first kappa shape index (κ1) is 9.90. The van der Waals surface area contributed by atoms with Gasteiger partial charge in [-0.3, -0.25) is 4.79 Å². The van der Waals surface area contributed by atoms with Gasteiger partial charge in [0.2, 0.25) is 0 Å². The van der Waals surface area contributed by atoms with Crippen molar-refractivity contribution in [1.29, 1.82) is 5.26 Å². The number of unbranched alkanes of at least 4 members (excludes halogenated alkanes) is 2. The van der Waals surface area contributed by atoms with E-state index >= 15 is 0 Å². The maximum atomic E-state index is 10.8. The molecule has 0 N–H and O–H groups in total. The van der Waals surface area contributed by atoms with Gasteiger partial charge in [0.05, 0.1) is 6.07 Å².